The Labute approximate surface area is 203 Å². The minimum atomic E-state index is -0.314. The average Bonchev–Trinajstić information content (AvgIpc) is 2.89. The van der Waals surface area contributed by atoms with E-state index >= 15 is 0 Å². The summed E-state index contributed by atoms with van der Waals surface area (Å²) in [4.78, 5) is 27.0. The van der Waals surface area contributed by atoms with Gasteiger partial charge in [0.1, 0.15) is 5.82 Å². The average molecular weight is 471 g/mol. The van der Waals surface area contributed by atoms with Gasteiger partial charge in [-0.2, -0.15) is 0 Å². The number of fused-ring (bicyclic) bond motifs is 1. The molecule has 1 N–H and O–H groups in total. The van der Waals surface area contributed by atoms with Gasteiger partial charge in [0.25, 0.3) is 5.91 Å². The van der Waals surface area contributed by atoms with Crippen LogP contribution in [0.5, 0.6) is 0 Å². The predicted molar refractivity (Wildman–Crippen MR) is 135 cm³/mol. The summed E-state index contributed by atoms with van der Waals surface area (Å²) in [6, 6.07) is 19.7. The van der Waals surface area contributed by atoms with E-state index in [4.69, 9.17) is 15.1 Å². The van der Waals surface area contributed by atoms with Crippen LogP contribution in [0, 0.1) is 12.7 Å². The van der Waals surface area contributed by atoms with Crippen LogP contribution in [0.25, 0.3) is 33.5 Å². The molecule has 3 aromatic carbocycles. The first-order chi connectivity index (χ1) is 17.0. The van der Waals surface area contributed by atoms with Gasteiger partial charge in [0, 0.05) is 49.4 Å². The second-order valence-corrected chi connectivity index (χ2v) is 8.85. The van der Waals surface area contributed by atoms with Crippen LogP contribution in [-0.4, -0.2) is 70.1 Å². The van der Waals surface area contributed by atoms with Gasteiger partial charge in [0.15, 0.2) is 0 Å². The SMILES string of the molecule is Cc1ccc(-c2nc3ccc(C(=O)N4CCN(CCO)CC4)cc3nc2-c2ccc(F)cc2)cc1. The van der Waals surface area contributed by atoms with Crippen molar-refractivity contribution in [2.45, 2.75) is 6.92 Å². The van der Waals surface area contributed by atoms with E-state index in [0.717, 1.165) is 29.8 Å². The van der Waals surface area contributed by atoms with Gasteiger partial charge in [0.2, 0.25) is 0 Å². The Morgan fingerprint density at radius 1 is 0.857 bits per heavy atom. The van der Waals surface area contributed by atoms with E-state index in [1.807, 2.05) is 42.2 Å². The molecule has 1 aliphatic heterocycles. The standard InChI is InChI=1S/C28H27FN4O2/c1-19-2-4-20(5-3-19)26-27(21-6-9-23(29)10-7-21)31-25-18-22(8-11-24(25)30-26)28(35)33-14-12-32(13-15-33)16-17-34/h2-11,18,34H,12-17H2,1H3. The first-order valence-electron chi connectivity index (χ1n) is 11.8. The van der Waals surface area contributed by atoms with E-state index in [1.54, 1.807) is 24.3 Å². The summed E-state index contributed by atoms with van der Waals surface area (Å²) >= 11 is 0. The van der Waals surface area contributed by atoms with E-state index in [1.165, 1.54) is 12.1 Å². The molecule has 1 saturated heterocycles. The van der Waals surface area contributed by atoms with Crippen molar-refractivity contribution in [1.29, 1.82) is 0 Å². The minimum Gasteiger partial charge on any atom is -0.395 e. The second-order valence-electron chi connectivity index (χ2n) is 8.85. The molecule has 6 nitrogen and oxygen atoms in total. The molecule has 1 aromatic heterocycles. The summed E-state index contributed by atoms with van der Waals surface area (Å²) in [5.74, 6) is -0.352. The van der Waals surface area contributed by atoms with Crippen molar-refractivity contribution in [3.63, 3.8) is 0 Å². The molecule has 1 amide bonds. The van der Waals surface area contributed by atoms with Crippen LogP contribution in [-0.2, 0) is 0 Å². The Hall–Kier alpha value is -3.68. The van der Waals surface area contributed by atoms with E-state index in [9.17, 15) is 9.18 Å². The maximum absolute atomic E-state index is 13.6. The summed E-state index contributed by atoms with van der Waals surface area (Å²) in [5, 5.41) is 9.14. The lowest BCUT2D eigenvalue weighted by Gasteiger charge is -2.34. The molecule has 5 rings (SSSR count). The number of β-amino-alcohol motifs (C(OH)–C–C–N with tert-alkyl or cyclic N) is 1. The Bertz CT molecular complexity index is 1350. The molecular formula is C28H27FN4O2. The van der Waals surface area contributed by atoms with Crippen LogP contribution in [0.15, 0.2) is 66.7 Å². The van der Waals surface area contributed by atoms with Gasteiger partial charge >= 0.3 is 0 Å². The maximum Gasteiger partial charge on any atom is 0.254 e. The number of hydrogen-bond acceptors (Lipinski definition) is 5. The van der Waals surface area contributed by atoms with Gasteiger partial charge in [0.05, 0.1) is 29.0 Å². The van der Waals surface area contributed by atoms with Gasteiger partial charge in [-0.05, 0) is 49.4 Å². The highest BCUT2D eigenvalue weighted by molar-refractivity contribution is 5.98. The van der Waals surface area contributed by atoms with Crippen molar-refractivity contribution in [1.82, 2.24) is 19.8 Å². The van der Waals surface area contributed by atoms with Crippen molar-refractivity contribution >= 4 is 16.9 Å². The Morgan fingerprint density at radius 2 is 1.46 bits per heavy atom. The number of aromatic nitrogens is 2. The number of benzene rings is 3. The zero-order chi connectivity index (χ0) is 24.4. The zero-order valence-corrected chi connectivity index (χ0v) is 19.6. The Morgan fingerprint density at radius 3 is 2.09 bits per heavy atom. The highest BCUT2D eigenvalue weighted by Crippen LogP contribution is 2.31. The summed E-state index contributed by atoms with van der Waals surface area (Å²) in [6.45, 7) is 5.51. The van der Waals surface area contributed by atoms with Crippen LogP contribution in [0.4, 0.5) is 4.39 Å². The van der Waals surface area contributed by atoms with Crippen molar-refractivity contribution in [2.75, 3.05) is 39.3 Å². The van der Waals surface area contributed by atoms with Gasteiger partial charge in [-0.15, -0.1) is 0 Å². The number of aryl methyl sites for hydroxylation is 1. The van der Waals surface area contributed by atoms with E-state index in [2.05, 4.69) is 4.90 Å². The van der Waals surface area contributed by atoms with Crippen LogP contribution >= 0.6 is 0 Å². The van der Waals surface area contributed by atoms with Gasteiger partial charge in [-0.3, -0.25) is 9.69 Å². The van der Waals surface area contributed by atoms with Crippen LogP contribution in [0.3, 0.4) is 0 Å². The first-order valence-corrected chi connectivity index (χ1v) is 11.8. The number of aliphatic hydroxyl groups is 1. The summed E-state index contributed by atoms with van der Waals surface area (Å²) in [5.41, 5.74) is 6.05. The molecule has 0 unspecified atom stereocenters. The van der Waals surface area contributed by atoms with Gasteiger partial charge in [-0.25, -0.2) is 14.4 Å². The third kappa shape index (κ3) is 4.92. The molecule has 7 heteroatoms. The summed E-state index contributed by atoms with van der Waals surface area (Å²) in [6.07, 6.45) is 0. The number of rotatable bonds is 5. The highest BCUT2D eigenvalue weighted by atomic mass is 19.1. The molecule has 0 aliphatic carbocycles. The first kappa shape index (κ1) is 23.1. The fraction of sp³-hybridized carbons (Fsp3) is 0.250. The molecule has 0 spiro atoms. The maximum atomic E-state index is 13.6. The number of piperazine rings is 1. The molecule has 0 bridgehead atoms. The number of halogens is 1. The molecule has 1 aliphatic rings. The van der Waals surface area contributed by atoms with E-state index in [0.29, 0.717) is 47.6 Å². The van der Waals surface area contributed by atoms with Crippen molar-refractivity contribution in [3.05, 3.63) is 83.7 Å². The number of aliphatic hydroxyl groups excluding tert-OH is 1. The van der Waals surface area contributed by atoms with E-state index < -0.39 is 0 Å². The Balaban J connectivity index is 1.53. The number of amides is 1. The van der Waals surface area contributed by atoms with Crippen molar-refractivity contribution in [3.8, 4) is 22.5 Å². The molecule has 2 heterocycles. The van der Waals surface area contributed by atoms with Crippen LogP contribution in [0.1, 0.15) is 15.9 Å². The van der Waals surface area contributed by atoms with Crippen LogP contribution in [0.2, 0.25) is 0 Å². The number of nitrogens with zero attached hydrogens (tertiary/aromatic N) is 4. The molecule has 4 aromatic rings. The highest BCUT2D eigenvalue weighted by Gasteiger charge is 2.22. The lowest BCUT2D eigenvalue weighted by molar-refractivity contribution is 0.0615. The number of carbonyl (C=O) groups is 1. The molecule has 0 atom stereocenters. The zero-order valence-electron chi connectivity index (χ0n) is 19.6. The largest absolute Gasteiger partial charge is 0.395 e. The number of hydrogen-bond donors (Lipinski definition) is 1. The third-order valence-corrected chi connectivity index (χ3v) is 6.43. The van der Waals surface area contributed by atoms with Crippen LogP contribution < -0.4 is 0 Å². The Kier molecular flexibility index (Phi) is 6.53. The molecular weight excluding hydrogens is 443 g/mol. The molecule has 0 radical (unpaired) electrons. The quantitative estimate of drug-likeness (QED) is 0.474. The number of carbonyl (C=O) groups excluding carboxylic acids is 1. The predicted octanol–water partition coefficient (Wildman–Crippen LogP) is 4.16. The summed E-state index contributed by atoms with van der Waals surface area (Å²) < 4.78 is 13.6. The lowest BCUT2D eigenvalue weighted by Crippen LogP contribution is -2.49. The smallest absolute Gasteiger partial charge is 0.254 e. The fourth-order valence-electron chi connectivity index (χ4n) is 4.41. The fourth-order valence-corrected chi connectivity index (χ4v) is 4.41. The monoisotopic (exact) mass is 470 g/mol. The normalized spacial score (nSPS) is 14.4. The molecule has 0 saturated carbocycles. The molecule has 178 valence electrons. The van der Waals surface area contributed by atoms with Crippen molar-refractivity contribution in [2.24, 2.45) is 0 Å². The molecule has 1 fully saturated rings. The minimum absolute atomic E-state index is 0.0386. The second kappa shape index (κ2) is 9.90. The van der Waals surface area contributed by atoms with Crippen molar-refractivity contribution < 1.29 is 14.3 Å². The van der Waals surface area contributed by atoms with Gasteiger partial charge in [-0.1, -0.05) is 29.8 Å². The lowest BCUT2D eigenvalue weighted by atomic mass is 10.0. The molecule has 35 heavy (non-hydrogen) atoms. The third-order valence-electron chi connectivity index (χ3n) is 6.43. The summed E-state index contributed by atoms with van der Waals surface area (Å²) in [7, 11) is 0. The topological polar surface area (TPSA) is 69.6 Å². The van der Waals surface area contributed by atoms with Gasteiger partial charge < -0.3 is 10.0 Å². The van der Waals surface area contributed by atoms with E-state index in [-0.39, 0.29) is 18.3 Å².